The molecule has 1 aromatic carbocycles. The largest absolute Gasteiger partial charge is 0.494 e. The quantitative estimate of drug-likeness (QED) is 0.544. The van der Waals surface area contributed by atoms with Crippen LogP contribution in [0.1, 0.15) is 66.7 Å². The highest BCUT2D eigenvalue weighted by molar-refractivity contribution is 5.94. The lowest BCUT2D eigenvalue weighted by molar-refractivity contribution is -0.229. The molecule has 0 aliphatic carbocycles. The summed E-state index contributed by atoms with van der Waals surface area (Å²) >= 11 is 0. The zero-order valence-corrected chi connectivity index (χ0v) is 20.3. The zero-order valence-electron chi connectivity index (χ0n) is 20.3. The summed E-state index contributed by atoms with van der Waals surface area (Å²) in [4.78, 5) is 13.2. The fourth-order valence-corrected chi connectivity index (χ4v) is 4.57. The van der Waals surface area contributed by atoms with Gasteiger partial charge in [0.15, 0.2) is 24.0 Å². The van der Waals surface area contributed by atoms with E-state index in [-0.39, 0.29) is 5.91 Å². The van der Waals surface area contributed by atoms with Gasteiger partial charge < -0.3 is 33.7 Å². The molecule has 3 aliphatic heterocycles. The number of ether oxygens (including phenoxy) is 6. The van der Waals surface area contributed by atoms with Crippen LogP contribution in [0.25, 0.3) is 0 Å². The van der Waals surface area contributed by atoms with Crippen LogP contribution in [0.4, 0.5) is 5.69 Å². The molecular formula is C25H37NO7. The molecule has 184 valence electrons. The van der Waals surface area contributed by atoms with E-state index in [4.69, 9.17) is 28.4 Å². The van der Waals surface area contributed by atoms with Crippen LogP contribution in [0, 0.1) is 0 Å². The molecule has 1 aromatic rings. The number of unbranched alkanes of at least 4 members (excludes halogenated alkanes) is 4. The molecule has 3 heterocycles. The van der Waals surface area contributed by atoms with Gasteiger partial charge in [-0.1, -0.05) is 32.6 Å². The third-order valence-electron chi connectivity index (χ3n) is 6.05. The smallest absolute Gasteiger partial charge is 0.256 e. The van der Waals surface area contributed by atoms with Crippen molar-refractivity contribution in [3.05, 3.63) is 24.3 Å². The highest BCUT2D eigenvalue weighted by Crippen LogP contribution is 2.44. The maximum absolute atomic E-state index is 13.2. The van der Waals surface area contributed by atoms with Crippen molar-refractivity contribution in [2.45, 2.75) is 109 Å². The van der Waals surface area contributed by atoms with E-state index in [1.54, 1.807) is 0 Å². The fourth-order valence-electron chi connectivity index (χ4n) is 4.57. The molecule has 33 heavy (non-hydrogen) atoms. The average molecular weight is 464 g/mol. The zero-order chi connectivity index (χ0) is 23.6. The topological polar surface area (TPSA) is 84.5 Å². The summed E-state index contributed by atoms with van der Waals surface area (Å²) in [6, 6.07) is 7.36. The van der Waals surface area contributed by atoms with Crippen molar-refractivity contribution in [1.29, 1.82) is 0 Å². The van der Waals surface area contributed by atoms with Crippen LogP contribution in [-0.4, -0.2) is 54.8 Å². The molecule has 0 radical (unpaired) electrons. The molecule has 3 saturated heterocycles. The van der Waals surface area contributed by atoms with E-state index in [0.717, 1.165) is 12.2 Å². The average Bonchev–Trinajstić information content (AvgIpc) is 3.24. The highest BCUT2D eigenvalue weighted by Gasteiger charge is 2.62. The summed E-state index contributed by atoms with van der Waals surface area (Å²) in [6.45, 7) is 10.2. The number of carbonyl (C=O) groups is 1. The summed E-state index contributed by atoms with van der Waals surface area (Å²) in [5.74, 6) is -1.21. The summed E-state index contributed by atoms with van der Waals surface area (Å²) in [6.07, 6.45) is 2.85. The minimum absolute atomic E-state index is 0.317. The monoisotopic (exact) mass is 463 g/mol. The standard InChI is InChI=1S/C25H37NO7/c1-6-7-8-9-10-15-28-17-13-11-16(12-14-17)26-22(27)20-18-19(31-24(2,3)30-18)21-23(29-20)33-25(4,5)32-21/h11-14,18-21,23H,6-10,15H2,1-5H3,(H,26,27)/t18-,19+,20+,21-,23+/m1/s1. The molecule has 0 saturated carbocycles. The van der Waals surface area contributed by atoms with Crippen molar-refractivity contribution >= 4 is 11.6 Å². The van der Waals surface area contributed by atoms with Gasteiger partial charge >= 0.3 is 0 Å². The molecule has 8 nitrogen and oxygen atoms in total. The lowest BCUT2D eigenvalue weighted by Gasteiger charge is -2.36. The van der Waals surface area contributed by atoms with E-state index in [1.165, 1.54) is 25.7 Å². The van der Waals surface area contributed by atoms with Crippen LogP contribution in [0.2, 0.25) is 0 Å². The number of amides is 1. The Kier molecular flexibility index (Phi) is 7.31. The molecule has 1 N–H and O–H groups in total. The Labute approximate surface area is 196 Å². The molecule has 3 fully saturated rings. The van der Waals surface area contributed by atoms with Gasteiger partial charge in [-0.05, 0) is 58.4 Å². The van der Waals surface area contributed by atoms with Gasteiger partial charge in [-0.25, -0.2) is 0 Å². The van der Waals surface area contributed by atoms with Crippen LogP contribution in [0.15, 0.2) is 24.3 Å². The van der Waals surface area contributed by atoms with Crippen molar-refractivity contribution in [3.63, 3.8) is 0 Å². The Bertz CT molecular complexity index is 809. The Morgan fingerprint density at radius 1 is 0.879 bits per heavy atom. The maximum Gasteiger partial charge on any atom is 0.256 e. The second-order valence-electron chi connectivity index (χ2n) is 9.87. The molecule has 5 atom stereocenters. The molecule has 0 spiro atoms. The summed E-state index contributed by atoms with van der Waals surface area (Å²) < 4.78 is 35.8. The Morgan fingerprint density at radius 2 is 1.52 bits per heavy atom. The third-order valence-corrected chi connectivity index (χ3v) is 6.05. The van der Waals surface area contributed by atoms with Crippen molar-refractivity contribution in [1.82, 2.24) is 0 Å². The second kappa shape index (κ2) is 9.88. The first-order valence-corrected chi connectivity index (χ1v) is 12.1. The number of benzene rings is 1. The summed E-state index contributed by atoms with van der Waals surface area (Å²) in [7, 11) is 0. The first-order valence-electron chi connectivity index (χ1n) is 12.1. The van der Waals surface area contributed by atoms with Crippen LogP contribution < -0.4 is 10.1 Å². The molecule has 8 heteroatoms. The van der Waals surface area contributed by atoms with Gasteiger partial charge in [0.25, 0.3) is 5.91 Å². The predicted molar refractivity (Wildman–Crippen MR) is 122 cm³/mol. The van der Waals surface area contributed by atoms with Crippen LogP contribution in [0.5, 0.6) is 5.75 Å². The molecule has 0 bridgehead atoms. The maximum atomic E-state index is 13.2. The lowest BCUT2D eigenvalue weighted by atomic mass is 9.98. The van der Waals surface area contributed by atoms with Crippen molar-refractivity contribution in [3.8, 4) is 5.75 Å². The third kappa shape index (κ3) is 5.87. The van der Waals surface area contributed by atoms with Gasteiger partial charge in [0.1, 0.15) is 24.1 Å². The molecule has 3 aliphatic rings. The predicted octanol–water partition coefficient (Wildman–Crippen LogP) is 4.37. The summed E-state index contributed by atoms with van der Waals surface area (Å²) in [5, 5.41) is 2.92. The van der Waals surface area contributed by atoms with Gasteiger partial charge in [0, 0.05) is 5.69 Å². The fraction of sp³-hybridized carbons (Fsp3) is 0.720. The van der Waals surface area contributed by atoms with Gasteiger partial charge in [-0.2, -0.15) is 0 Å². The van der Waals surface area contributed by atoms with Crippen LogP contribution in [0.3, 0.4) is 0 Å². The Balaban J connectivity index is 1.35. The number of hydrogen-bond acceptors (Lipinski definition) is 7. The number of fused-ring (bicyclic) bond motifs is 3. The molecule has 1 amide bonds. The molecular weight excluding hydrogens is 426 g/mol. The highest BCUT2D eigenvalue weighted by atomic mass is 16.9. The molecule has 0 unspecified atom stereocenters. The number of rotatable bonds is 9. The van der Waals surface area contributed by atoms with Gasteiger partial charge in [0.2, 0.25) is 0 Å². The first kappa shape index (κ1) is 24.4. The Hall–Kier alpha value is -1.71. The van der Waals surface area contributed by atoms with E-state index < -0.39 is 42.3 Å². The normalized spacial score (nSPS) is 31.6. The minimum Gasteiger partial charge on any atom is -0.494 e. The van der Waals surface area contributed by atoms with Gasteiger partial charge in [-0.3, -0.25) is 4.79 Å². The second-order valence-corrected chi connectivity index (χ2v) is 9.87. The van der Waals surface area contributed by atoms with Crippen molar-refractivity contribution in [2.75, 3.05) is 11.9 Å². The van der Waals surface area contributed by atoms with Crippen molar-refractivity contribution in [2.24, 2.45) is 0 Å². The number of hydrogen-bond donors (Lipinski definition) is 1. The SMILES string of the molecule is CCCCCCCOc1ccc(NC(=O)[C@H]2O[C@H]3OC(C)(C)O[C@@H]3[C@H]3OC(C)(C)O[C@H]32)cc1. The Morgan fingerprint density at radius 3 is 2.24 bits per heavy atom. The summed E-state index contributed by atoms with van der Waals surface area (Å²) in [5.41, 5.74) is 0.652. The number of nitrogens with one attached hydrogen (secondary N) is 1. The molecule has 0 aromatic heterocycles. The first-order chi connectivity index (χ1) is 15.7. The molecule has 4 rings (SSSR count). The number of carbonyl (C=O) groups excluding carboxylic acids is 1. The van der Waals surface area contributed by atoms with Crippen molar-refractivity contribution < 1.29 is 33.2 Å². The van der Waals surface area contributed by atoms with Gasteiger partial charge in [0.05, 0.1) is 6.61 Å². The minimum atomic E-state index is -0.894. The lowest BCUT2D eigenvalue weighted by Crippen LogP contribution is -2.58. The van der Waals surface area contributed by atoms with E-state index in [1.807, 2.05) is 52.0 Å². The van der Waals surface area contributed by atoms with E-state index in [2.05, 4.69) is 12.2 Å². The van der Waals surface area contributed by atoms with E-state index >= 15 is 0 Å². The van der Waals surface area contributed by atoms with Crippen LogP contribution >= 0.6 is 0 Å². The van der Waals surface area contributed by atoms with Crippen LogP contribution in [-0.2, 0) is 28.5 Å². The van der Waals surface area contributed by atoms with Gasteiger partial charge in [-0.15, -0.1) is 0 Å². The van der Waals surface area contributed by atoms with E-state index in [9.17, 15) is 4.79 Å². The number of anilines is 1. The van der Waals surface area contributed by atoms with E-state index in [0.29, 0.717) is 12.3 Å².